The Balaban J connectivity index is 0.981. The maximum absolute atomic E-state index is 6.97. The van der Waals surface area contributed by atoms with Gasteiger partial charge < -0.3 is 23.1 Å². The van der Waals surface area contributed by atoms with Crippen LogP contribution in [0.2, 0.25) is 0 Å². The minimum Gasteiger partial charge on any atom is -0.456 e. The van der Waals surface area contributed by atoms with Crippen molar-refractivity contribution in [3.05, 3.63) is 243 Å². The fourth-order valence-corrected chi connectivity index (χ4v) is 10.5. The van der Waals surface area contributed by atoms with Crippen LogP contribution in [-0.4, -0.2) is 0 Å². The van der Waals surface area contributed by atoms with Crippen molar-refractivity contribution in [1.82, 2.24) is 0 Å². The first-order valence-corrected chi connectivity index (χ1v) is 23.3. The molecule has 69 heavy (non-hydrogen) atoms. The van der Waals surface area contributed by atoms with E-state index >= 15 is 0 Å². The van der Waals surface area contributed by atoms with Gasteiger partial charge in [0.05, 0.1) is 17.1 Å². The van der Waals surface area contributed by atoms with Gasteiger partial charge in [-0.2, -0.15) is 0 Å². The van der Waals surface area contributed by atoms with Gasteiger partial charge in [-0.25, -0.2) is 0 Å². The van der Waals surface area contributed by atoms with Crippen molar-refractivity contribution in [2.75, 3.05) is 9.80 Å². The quantitative estimate of drug-likeness (QED) is 0.152. The van der Waals surface area contributed by atoms with Crippen LogP contribution in [0.3, 0.4) is 0 Å². The predicted molar refractivity (Wildman–Crippen MR) is 286 cm³/mol. The molecule has 3 aromatic heterocycles. The molecule has 0 aliphatic carbocycles. The number of furan rings is 3. The highest BCUT2D eigenvalue weighted by atomic mass is 16.3. The molecule has 0 amide bonds. The molecule has 0 fully saturated rings. The van der Waals surface area contributed by atoms with Crippen LogP contribution in [0.15, 0.2) is 256 Å². The summed E-state index contributed by atoms with van der Waals surface area (Å²) >= 11 is 0. The molecule has 0 bridgehead atoms. The molecular formula is C64H40N2O3. The Morgan fingerprint density at radius 3 is 1.25 bits per heavy atom. The van der Waals surface area contributed by atoms with Gasteiger partial charge in [0.2, 0.25) is 0 Å². The minimum absolute atomic E-state index is 0.789. The highest BCUT2D eigenvalue weighted by Gasteiger charge is 2.25. The second-order valence-corrected chi connectivity index (χ2v) is 17.6. The van der Waals surface area contributed by atoms with Gasteiger partial charge in [-0.05, 0) is 94.4 Å². The lowest BCUT2D eigenvalue weighted by Crippen LogP contribution is -2.11. The maximum Gasteiger partial charge on any atom is 0.159 e. The summed E-state index contributed by atoms with van der Waals surface area (Å²) in [5.74, 6) is 0. The van der Waals surface area contributed by atoms with Crippen molar-refractivity contribution < 1.29 is 13.3 Å². The summed E-state index contributed by atoms with van der Waals surface area (Å²) in [6.45, 7) is 0. The van der Waals surface area contributed by atoms with Crippen LogP contribution < -0.4 is 9.80 Å². The standard InChI is InChI=1S/C64H40N2O3/c1-3-15-41(16-4-1)43-29-33-45(34-30-43)65(55-25-13-23-52-49-20-9-11-27-58(49)68-63(52)55)47-37-38-60-54(39-47)62-51-22-8-7-19-48(51)57(40-61(62)67-60)66(46-35-31-44(32-36-46)42-17-5-2-6-18-42)56-26-14-24-53-50-21-10-12-28-59(50)69-64(53)56/h1-40H. The molecule has 0 N–H and O–H groups in total. The lowest BCUT2D eigenvalue weighted by atomic mass is 9.99. The Kier molecular flexibility index (Phi) is 8.83. The van der Waals surface area contributed by atoms with Gasteiger partial charge in [0.1, 0.15) is 22.3 Å². The van der Waals surface area contributed by atoms with Crippen molar-refractivity contribution >= 4 is 111 Å². The van der Waals surface area contributed by atoms with Gasteiger partial charge in [0.15, 0.2) is 11.2 Å². The van der Waals surface area contributed by atoms with Crippen LogP contribution in [0, 0.1) is 0 Å². The summed E-state index contributed by atoms with van der Waals surface area (Å²) in [4.78, 5) is 4.64. The number of hydrogen-bond acceptors (Lipinski definition) is 5. The zero-order chi connectivity index (χ0) is 45.4. The second-order valence-electron chi connectivity index (χ2n) is 17.6. The number of fused-ring (bicyclic) bond motifs is 11. The highest BCUT2D eigenvalue weighted by molar-refractivity contribution is 6.24. The van der Waals surface area contributed by atoms with Crippen LogP contribution in [0.5, 0.6) is 0 Å². The third-order valence-electron chi connectivity index (χ3n) is 13.7. The van der Waals surface area contributed by atoms with E-state index in [2.05, 4.69) is 228 Å². The minimum atomic E-state index is 0.789. The lowest BCUT2D eigenvalue weighted by molar-refractivity contribution is 0.667. The van der Waals surface area contributed by atoms with Crippen LogP contribution in [0.4, 0.5) is 34.1 Å². The Morgan fingerprint density at radius 2 is 0.667 bits per heavy atom. The summed E-state index contributed by atoms with van der Waals surface area (Å²) in [5, 5.41) is 8.54. The van der Waals surface area contributed by atoms with Crippen molar-refractivity contribution in [2.24, 2.45) is 0 Å². The second kappa shape index (κ2) is 15.7. The van der Waals surface area contributed by atoms with Crippen LogP contribution in [-0.2, 0) is 0 Å². The molecule has 5 heteroatoms. The van der Waals surface area contributed by atoms with Crippen LogP contribution in [0.1, 0.15) is 0 Å². The fourth-order valence-electron chi connectivity index (χ4n) is 10.5. The Labute approximate surface area is 396 Å². The Bertz CT molecular complexity index is 4240. The predicted octanol–water partition coefficient (Wildman–Crippen LogP) is 18.8. The van der Waals surface area contributed by atoms with Crippen molar-refractivity contribution in [2.45, 2.75) is 0 Å². The molecule has 3 heterocycles. The Hall–Kier alpha value is -9.32. The summed E-state index contributed by atoms with van der Waals surface area (Å²) in [7, 11) is 0. The number of anilines is 6. The molecule has 0 radical (unpaired) electrons. The first-order valence-electron chi connectivity index (χ1n) is 23.3. The summed E-state index contributed by atoms with van der Waals surface area (Å²) in [5.41, 5.74) is 15.4. The molecule has 5 nitrogen and oxygen atoms in total. The third-order valence-corrected chi connectivity index (χ3v) is 13.7. The van der Waals surface area contributed by atoms with Gasteiger partial charge in [-0.3, -0.25) is 0 Å². The third kappa shape index (κ3) is 6.32. The number of rotatable bonds is 8. The first kappa shape index (κ1) is 38.9. The highest BCUT2D eigenvalue weighted by Crippen LogP contribution is 2.49. The topological polar surface area (TPSA) is 45.9 Å². The van der Waals surface area contributed by atoms with Crippen molar-refractivity contribution in [1.29, 1.82) is 0 Å². The van der Waals surface area contributed by atoms with E-state index < -0.39 is 0 Å². The molecule has 11 aromatic carbocycles. The number of hydrogen-bond donors (Lipinski definition) is 0. The zero-order valence-electron chi connectivity index (χ0n) is 37.2. The summed E-state index contributed by atoms with van der Waals surface area (Å²) in [6.07, 6.45) is 0. The van der Waals surface area contributed by atoms with Gasteiger partial charge in [0, 0.05) is 60.8 Å². The normalized spacial score (nSPS) is 11.8. The Morgan fingerprint density at radius 1 is 0.232 bits per heavy atom. The fraction of sp³-hybridized carbons (Fsp3) is 0. The van der Waals surface area contributed by atoms with Gasteiger partial charge in [-0.1, -0.05) is 170 Å². The molecule has 0 aliphatic heterocycles. The molecule has 14 rings (SSSR count). The molecule has 324 valence electrons. The van der Waals surface area contributed by atoms with E-state index in [9.17, 15) is 0 Å². The maximum atomic E-state index is 6.97. The SMILES string of the molecule is c1ccc(-c2ccc(N(c3ccc4oc5cc(N(c6ccc(-c7ccccc7)cc6)c6cccc7c6oc6ccccc67)c6ccccc6c5c4c3)c3cccc4c3oc3ccccc34)cc2)cc1. The molecule has 0 aliphatic rings. The number of benzene rings is 11. The molecule has 14 aromatic rings. The monoisotopic (exact) mass is 884 g/mol. The average molecular weight is 885 g/mol. The van der Waals surface area contributed by atoms with E-state index in [1.165, 1.54) is 11.1 Å². The first-order chi connectivity index (χ1) is 34.2. The van der Waals surface area contributed by atoms with Crippen molar-refractivity contribution in [3.63, 3.8) is 0 Å². The molecular weight excluding hydrogens is 845 g/mol. The molecule has 0 saturated carbocycles. The van der Waals surface area contributed by atoms with Gasteiger partial charge >= 0.3 is 0 Å². The molecule has 0 spiro atoms. The molecule has 0 unspecified atom stereocenters. The van der Waals surface area contributed by atoms with E-state index in [1.807, 2.05) is 24.3 Å². The van der Waals surface area contributed by atoms with Crippen LogP contribution >= 0.6 is 0 Å². The molecule has 0 atom stereocenters. The summed E-state index contributed by atoms with van der Waals surface area (Å²) < 4.78 is 20.4. The van der Waals surface area contributed by atoms with E-state index in [4.69, 9.17) is 13.3 Å². The molecule has 0 saturated heterocycles. The zero-order valence-corrected chi connectivity index (χ0v) is 37.2. The summed E-state index contributed by atoms with van der Waals surface area (Å²) in [6, 6.07) is 85.4. The lowest BCUT2D eigenvalue weighted by Gasteiger charge is -2.27. The number of nitrogens with zero attached hydrogens (tertiary/aromatic N) is 2. The van der Waals surface area contributed by atoms with E-state index in [0.29, 0.717) is 0 Å². The smallest absolute Gasteiger partial charge is 0.159 e. The van der Waals surface area contributed by atoms with E-state index in [0.717, 1.165) is 122 Å². The van der Waals surface area contributed by atoms with E-state index in [1.54, 1.807) is 0 Å². The van der Waals surface area contributed by atoms with E-state index in [-0.39, 0.29) is 0 Å². The van der Waals surface area contributed by atoms with Crippen molar-refractivity contribution in [3.8, 4) is 22.3 Å². The van der Waals surface area contributed by atoms with Gasteiger partial charge in [-0.15, -0.1) is 0 Å². The largest absolute Gasteiger partial charge is 0.456 e. The van der Waals surface area contributed by atoms with Gasteiger partial charge in [0.25, 0.3) is 0 Å². The van der Waals surface area contributed by atoms with Crippen LogP contribution in [0.25, 0.3) is 98.8 Å². The number of para-hydroxylation sites is 4. The average Bonchev–Trinajstić information content (AvgIpc) is 4.12.